The van der Waals surface area contributed by atoms with Crippen molar-refractivity contribution in [2.45, 2.75) is 38.5 Å². The normalized spacial score (nSPS) is 12.6. The molecule has 1 aliphatic rings. The zero-order valence-electron chi connectivity index (χ0n) is 15.2. The summed E-state index contributed by atoms with van der Waals surface area (Å²) in [6.45, 7) is -0.0174. The fourth-order valence-corrected chi connectivity index (χ4v) is 3.25. The molecule has 2 aromatic carbocycles. The predicted octanol–water partition coefficient (Wildman–Crippen LogP) is 4.07. The van der Waals surface area contributed by atoms with E-state index in [1.807, 2.05) is 18.2 Å². The molecule has 0 aromatic heterocycles. The molecule has 27 heavy (non-hydrogen) atoms. The topological polar surface area (TPSA) is 79.2 Å². The van der Waals surface area contributed by atoms with Crippen LogP contribution in [-0.4, -0.2) is 18.3 Å². The molecule has 3 rings (SSSR count). The van der Waals surface area contributed by atoms with E-state index in [4.69, 9.17) is 10.00 Å². The maximum absolute atomic E-state index is 12.4. The lowest BCUT2D eigenvalue weighted by atomic mass is 9.89. The molecule has 5 nitrogen and oxygen atoms in total. The van der Waals surface area contributed by atoms with Crippen LogP contribution in [-0.2, 0) is 17.6 Å². The first-order valence-corrected chi connectivity index (χ1v) is 9.20. The van der Waals surface area contributed by atoms with Crippen molar-refractivity contribution in [1.82, 2.24) is 0 Å². The lowest BCUT2D eigenvalue weighted by molar-refractivity contribution is -0.116. The number of ketones is 1. The summed E-state index contributed by atoms with van der Waals surface area (Å²) in [5.41, 5.74) is 3.95. The number of benzene rings is 2. The molecule has 0 radical (unpaired) electrons. The average molecular weight is 362 g/mol. The molecule has 1 aliphatic carbocycles. The number of rotatable bonds is 7. The van der Waals surface area contributed by atoms with E-state index in [1.54, 1.807) is 24.3 Å². The number of fused-ring (bicyclic) bond motifs is 1. The third-order valence-corrected chi connectivity index (χ3v) is 4.69. The van der Waals surface area contributed by atoms with Crippen LogP contribution in [0.25, 0.3) is 0 Å². The van der Waals surface area contributed by atoms with Gasteiger partial charge in [-0.15, -0.1) is 0 Å². The number of hydrogen-bond acceptors (Lipinski definition) is 4. The maximum Gasteiger partial charge on any atom is 0.224 e. The molecule has 138 valence electrons. The maximum atomic E-state index is 12.4. The van der Waals surface area contributed by atoms with Gasteiger partial charge >= 0.3 is 0 Å². The minimum absolute atomic E-state index is 0.00113. The molecule has 0 saturated heterocycles. The van der Waals surface area contributed by atoms with E-state index in [0.29, 0.717) is 17.0 Å². The Bertz CT molecular complexity index is 866. The van der Waals surface area contributed by atoms with E-state index >= 15 is 0 Å². The van der Waals surface area contributed by atoms with Gasteiger partial charge in [-0.1, -0.05) is 12.1 Å². The molecular weight excluding hydrogens is 340 g/mol. The van der Waals surface area contributed by atoms with Gasteiger partial charge in [-0.2, -0.15) is 5.26 Å². The number of aryl methyl sites for hydroxylation is 2. The number of Topliss-reactive ketones (excluding diaryl/α,β-unsaturated/α-hetero) is 1. The van der Waals surface area contributed by atoms with Crippen LogP contribution in [0.4, 0.5) is 5.69 Å². The number of nitrogens with one attached hydrogen (secondary N) is 1. The van der Waals surface area contributed by atoms with Crippen molar-refractivity contribution in [3.05, 3.63) is 59.2 Å². The summed E-state index contributed by atoms with van der Waals surface area (Å²) in [6, 6.07) is 14.6. The Morgan fingerprint density at radius 3 is 2.48 bits per heavy atom. The highest BCUT2D eigenvalue weighted by Gasteiger charge is 2.14. The van der Waals surface area contributed by atoms with Crippen LogP contribution >= 0.6 is 0 Å². The molecule has 0 unspecified atom stereocenters. The van der Waals surface area contributed by atoms with Gasteiger partial charge in [0.2, 0.25) is 5.91 Å². The number of carbonyl (C=O) groups excluding carboxylic acids is 2. The second-order valence-electron chi connectivity index (χ2n) is 6.63. The number of ether oxygens (including phenoxy) is 1. The third kappa shape index (κ3) is 5.18. The van der Waals surface area contributed by atoms with Crippen LogP contribution in [0.1, 0.15) is 47.2 Å². The fraction of sp³-hybridized carbons (Fsp3) is 0.318. The minimum atomic E-state index is -0.202. The van der Waals surface area contributed by atoms with Crippen LogP contribution in [0.5, 0.6) is 5.75 Å². The molecule has 0 aliphatic heterocycles. The molecule has 0 saturated carbocycles. The summed E-state index contributed by atoms with van der Waals surface area (Å²) in [5, 5.41) is 11.3. The fourth-order valence-electron chi connectivity index (χ4n) is 3.25. The summed E-state index contributed by atoms with van der Waals surface area (Å²) in [5.74, 6) is 0.364. The van der Waals surface area contributed by atoms with Gasteiger partial charge in [-0.05, 0) is 67.1 Å². The van der Waals surface area contributed by atoms with Gasteiger partial charge in [0, 0.05) is 24.1 Å². The molecule has 2 aromatic rings. The zero-order valence-corrected chi connectivity index (χ0v) is 15.2. The van der Waals surface area contributed by atoms with Crippen molar-refractivity contribution >= 4 is 17.4 Å². The van der Waals surface area contributed by atoms with Crippen molar-refractivity contribution in [3.63, 3.8) is 0 Å². The van der Waals surface area contributed by atoms with Crippen molar-refractivity contribution in [3.8, 4) is 11.8 Å². The van der Waals surface area contributed by atoms with Gasteiger partial charge in [0.15, 0.2) is 12.4 Å². The van der Waals surface area contributed by atoms with Gasteiger partial charge < -0.3 is 10.1 Å². The highest BCUT2D eigenvalue weighted by atomic mass is 16.5. The van der Waals surface area contributed by atoms with Gasteiger partial charge in [-0.25, -0.2) is 0 Å². The van der Waals surface area contributed by atoms with Crippen LogP contribution in [0.3, 0.4) is 0 Å². The number of hydrogen-bond donors (Lipinski definition) is 1. The SMILES string of the molecule is N#CCOc1ccc(NC(=O)CCC(=O)c2ccc3c(c2)CCCC3)cc1. The monoisotopic (exact) mass is 362 g/mol. The van der Waals surface area contributed by atoms with E-state index in [9.17, 15) is 9.59 Å². The lowest BCUT2D eigenvalue weighted by Gasteiger charge is -2.16. The van der Waals surface area contributed by atoms with E-state index in [2.05, 4.69) is 11.4 Å². The molecule has 1 amide bonds. The Hall–Kier alpha value is -3.13. The largest absolute Gasteiger partial charge is 0.479 e. The number of carbonyl (C=O) groups is 2. The molecule has 1 N–H and O–H groups in total. The first kappa shape index (κ1) is 18.7. The van der Waals surface area contributed by atoms with Gasteiger partial charge in [0.25, 0.3) is 0 Å². The van der Waals surface area contributed by atoms with E-state index in [0.717, 1.165) is 12.8 Å². The summed E-state index contributed by atoms with van der Waals surface area (Å²) in [7, 11) is 0. The summed E-state index contributed by atoms with van der Waals surface area (Å²) in [6.07, 6.45) is 4.84. The predicted molar refractivity (Wildman–Crippen MR) is 103 cm³/mol. The smallest absolute Gasteiger partial charge is 0.224 e. The minimum Gasteiger partial charge on any atom is -0.479 e. The third-order valence-electron chi connectivity index (χ3n) is 4.69. The number of anilines is 1. The number of nitrogens with zero attached hydrogens (tertiary/aromatic N) is 1. The molecule has 0 spiro atoms. The molecule has 0 heterocycles. The van der Waals surface area contributed by atoms with Crippen LogP contribution in [0.15, 0.2) is 42.5 Å². The average Bonchev–Trinajstić information content (AvgIpc) is 2.71. The quantitative estimate of drug-likeness (QED) is 0.753. The first-order valence-electron chi connectivity index (χ1n) is 9.20. The number of amides is 1. The molecule has 0 atom stereocenters. The Morgan fingerprint density at radius 2 is 1.74 bits per heavy atom. The summed E-state index contributed by atoms with van der Waals surface area (Å²) < 4.78 is 5.16. The van der Waals surface area contributed by atoms with Crippen molar-refractivity contribution < 1.29 is 14.3 Å². The van der Waals surface area contributed by atoms with Gasteiger partial charge in [0.1, 0.15) is 11.8 Å². The van der Waals surface area contributed by atoms with E-state index in [-0.39, 0.29) is 31.1 Å². The van der Waals surface area contributed by atoms with Crippen molar-refractivity contribution in [2.24, 2.45) is 0 Å². The van der Waals surface area contributed by atoms with Crippen molar-refractivity contribution in [2.75, 3.05) is 11.9 Å². The zero-order chi connectivity index (χ0) is 19.1. The van der Waals surface area contributed by atoms with Crippen LogP contribution in [0, 0.1) is 11.3 Å². The van der Waals surface area contributed by atoms with Crippen molar-refractivity contribution in [1.29, 1.82) is 5.26 Å². The highest BCUT2D eigenvalue weighted by molar-refractivity contribution is 6.00. The Labute approximate surface area is 159 Å². The van der Waals surface area contributed by atoms with Crippen LogP contribution < -0.4 is 10.1 Å². The van der Waals surface area contributed by atoms with E-state index < -0.39 is 0 Å². The van der Waals surface area contributed by atoms with Gasteiger partial charge in [0.05, 0.1) is 0 Å². The van der Waals surface area contributed by atoms with E-state index in [1.165, 1.54) is 24.0 Å². The lowest BCUT2D eigenvalue weighted by Crippen LogP contribution is -2.14. The second kappa shape index (κ2) is 9.00. The standard InChI is InChI=1S/C22H22N2O3/c23-13-14-27-20-9-7-19(8-10-20)24-22(26)12-11-21(25)18-6-5-16-3-1-2-4-17(16)15-18/h5-10,15H,1-4,11-12,14H2,(H,24,26). The molecule has 0 fully saturated rings. The Balaban J connectivity index is 1.50. The highest BCUT2D eigenvalue weighted by Crippen LogP contribution is 2.23. The summed E-state index contributed by atoms with van der Waals surface area (Å²) in [4.78, 5) is 24.5. The first-order chi connectivity index (χ1) is 13.2. The second-order valence-corrected chi connectivity index (χ2v) is 6.63. The molecular formula is C22H22N2O3. The molecule has 0 bridgehead atoms. The Morgan fingerprint density at radius 1 is 1.00 bits per heavy atom. The number of nitriles is 1. The molecule has 5 heteroatoms. The Kier molecular flexibility index (Phi) is 6.22. The van der Waals surface area contributed by atoms with Gasteiger partial charge in [-0.3, -0.25) is 9.59 Å². The summed E-state index contributed by atoms with van der Waals surface area (Å²) >= 11 is 0. The van der Waals surface area contributed by atoms with Crippen LogP contribution in [0.2, 0.25) is 0 Å².